The Bertz CT molecular complexity index is 765. The number of carbonyl (C=O) groups is 2. The Kier molecular flexibility index (Phi) is 4.88. The first-order valence-corrected chi connectivity index (χ1v) is 7.52. The molecule has 0 radical (unpaired) electrons. The number of benzene rings is 1. The SMILES string of the molecule is CN(CC(=O)[C@@H](C#N)c1nc2ccccc2[nH]1)C(=O)OC(C)(C)C. The molecule has 7 heteroatoms. The number of fused-ring (bicyclic) bond motifs is 1. The first-order valence-electron chi connectivity index (χ1n) is 7.52. The zero-order valence-electron chi connectivity index (χ0n) is 14.2. The van der Waals surface area contributed by atoms with Crippen molar-refractivity contribution in [2.24, 2.45) is 0 Å². The van der Waals surface area contributed by atoms with Gasteiger partial charge in [0.25, 0.3) is 0 Å². The van der Waals surface area contributed by atoms with Crippen LogP contribution in [0.3, 0.4) is 0 Å². The van der Waals surface area contributed by atoms with Crippen LogP contribution in [-0.2, 0) is 9.53 Å². The first-order chi connectivity index (χ1) is 11.2. The van der Waals surface area contributed by atoms with Crippen molar-refractivity contribution in [2.75, 3.05) is 13.6 Å². The number of nitrogens with one attached hydrogen (secondary N) is 1. The number of ether oxygens (including phenoxy) is 1. The number of nitrogens with zero attached hydrogens (tertiary/aromatic N) is 3. The molecule has 0 bridgehead atoms. The Balaban J connectivity index is 2.11. The number of para-hydroxylation sites is 2. The zero-order chi connectivity index (χ0) is 17.9. The third kappa shape index (κ3) is 4.10. The van der Waals surface area contributed by atoms with Crippen molar-refractivity contribution < 1.29 is 14.3 Å². The second-order valence-corrected chi connectivity index (χ2v) is 6.50. The molecule has 1 heterocycles. The maximum absolute atomic E-state index is 12.4. The molecule has 1 atom stereocenters. The van der Waals surface area contributed by atoms with E-state index in [1.165, 1.54) is 7.05 Å². The highest BCUT2D eigenvalue weighted by atomic mass is 16.6. The molecule has 0 saturated carbocycles. The van der Waals surface area contributed by atoms with Crippen LogP contribution in [-0.4, -0.2) is 45.9 Å². The number of ketones is 1. The fourth-order valence-electron chi connectivity index (χ4n) is 2.12. The van der Waals surface area contributed by atoms with Crippen LogP contribution in [0.15, 0.2) is 24.3 Å². The van der Waals surface area contributed by atoms with Crippen molar-refractivity contribution >= 4 is 22.9 Å². The molecule has 2 aromatic rings. The molecule has 1 aromatic heterocycles. The number of carbonyl (C=O) groups excluding carboxylic acids is 2. The maximum Gasteiger partial charge on any atom is 0.410 e. The van der Waals surface area contributed by atoms with Gasteiger partial charge in [0.1, 0.15) is 11.4 Å². The molecule has 0 unspecified atom stereocenters. The highest BCUT2D eigenvalue weighted by molar-refractivity contribution is 5.92. The van der Waals surface area contributed by atoms with Crippen molar-refractivity contribution in [3.05, 3.63) is 30.1 Å². The number of amides is 1. The van der Waals surface area contributed by atoms with Crippen molar-refractivity contribution in [3.63, 3.8) is 0 Å². The summed E-state index contributed by atoms with van der Waals surface area (Å²) in [6.07, 6.45) is -0.614. The highest BCUT2D eigenvalue weighted by Crippen LogP contribution is 2.18. The van der Waals surface area contributed by atoms with E-state index in [2.05, 4.69) is 9.97 Å². The summed E-state index contributed by atoms with van der Waals surface area (Å²) in [6.45, 7) is 5.00. The lowest BCUT2D eigenvalue weighted by molar-refractivity contribution is -0.120. The van der Waals surface area contributed by atoms with Crippen LogP contribution in [0.5, 0.6) is 0 Å². The molecule has 0 saturated heterocycles. The molecule has 126 valence electrons. The summed E-state index contributed by atoms with van der Waals surface area (Å²) in [7, 11) is 1.46. The second-order valence-electron chi connectivity index (χ2n) is 6.50. The van der Waals surface area contributed by atoms with Crippen molar-refractivity contribution in [3.8, 4) is 6.07 Å². The van der Waals surface area contributed by atoms with E-state index in [1.54, 1.807) is 26.8 Å². The Morgan fingerprint density at radius 3 is 2.62 bits per heavy atom. The standard InChI is InChI=1S/C17H20N4O3/c1-17(2,3)24-16(23)21(4)10-14(22)11(9-18)15-19-12-7-5-6-8-13(12)20-15/h5-8,11H,10H2,1-4H3,(H,19,20)/t11-/m1/s1. The summed E-state index contributed by atoms with van der Waals surface area (Å²) in [5, 5.41) is 9.35. The average Bonchev–Trinajstić information content (AvgIpc) is 2.89. The van der Waals surface area contributed by atoms with Crippen LogP contribution in [0.1, 0.15) is 32.5 Å². The van der Waals surface area contributed by atoms with Crippen molar-refractivity contribution in [1.82, 2.24) is 14.9 Å². The van der Waals surface area contributed by atoms with E-state index in [9.17, 15) is 14.9 Å². The van der Waals surface area contributed by atoms with Crippen LogP contribution in [0.4, 0.5) is 4.79 Å². The molecule has 1 aromatic carbocycles. The van der Waals surface area contributed by atoms with Gasteiger partial charge < -0.3 is 14.6 Å². The molecule has 0 aliphatic heterocycles. The van der Waals surface area contributed by atoms with Gasteiger partial charge in [0, 0.05) is 7.05 Å². The van der Waals surface area contributed by atoms with Crippen LogP contribution < -0.4 is 0 Å². The largest absolute Gasteiger partial charge is 0.444 e. The molecule has 1 N–H and O–H groups in total. The topological polar surface area (TPSA) is 99.1 Å². The van der Waals surface area contributed by atoms with Crippen LogP contribution in [0.2, 0.25) is 0 Å². The minimum Gasteiger partial charge on any atom is -0.444 e. The first kappa shape index (κ1) is 17.5. The molecular weight excluding hydrogens is 308 g/mol. The predicted molar refractivity (Wildman–Crippen MR) is 88.3 cm³/mol. The van der Waals surface area contributed by atoms with Gasteiger partial charge in [-0.15, -0.1) is 0 Å². The van der Waals surface area contributed by atoms with Gasteiger partial charge in [-0.05, 0) is 32.9 Å². The number of hydrogen-bond acceptors (Lipinski definition) is 5. The fourth-order valence-corrected chi connectivity index (χ4v) is 2.12. The van der Waals surface area contributed by atoms with Gasteiger partial charge >= 0.3 is 6.09 Å². The third-order valence-corrected chi connectivity index (χ3v) is 3.23. The number of rotatable bonds is 4. The number of H-pyrrole nitrogens is 1. The van der Waals surface area contributed by atoms with Gasteiger partial charge in [-0.1, -0.05) is 12.1 Å². The smallest absolute Gasteiger partial charge is 0.410 e. The number of likely N-dealkylation sites (N-methyl/N-ethyl adjacent to an activating group) is 1. The number of aromatic amines is 1. The monoisotopic (exact) mass is 328 g/mol. The summed E-state index contributed by atoms with van der Waals surface area (Å²) in [5.41, 5.74) is 0.781. The maximum atomic E-state index is 12.4. The van der Waals surface area contributed by atoms with E-state index < -0.39 is 23.4 Å². The van der Waals surface area contributed by atoms with E-state index in [-0.39, 0.29) is 12.4 Å². The molecule has 0 aliphatic carbocycles. The molecule has 24 heavy (non-hydrogen) atoms. The fraction of sp³-hybridized carbons (Fsp3) is 0.412. The molecule has 2 rings (SSSR count). The van der Waals surface area contributed by atoms with Crippen LogP contribution in [0, 0.1) is 11.3 Å². The van der Waals surface area contributed by atoms with Gasteiger partial charge in [-0.25, -0.2) is 9.78 Å². The average molecular weight is 328 g/mol. The van der Waals surface area contributed by atoms with E-state index in [4.69, 9.17) is 4.74 Å². The summed E-state index contributed by atoms with van der Waals surface area (Å²) in [5.74, 6) is -1.21. The molecular formula is C17H20N4O3. The summed E-state index contributed by atoms with van der Waals surface area (Å²) in [6, 6.07) is 9.22. The lowest BCUT2D eigenvalue weighted by atomic mass is 10.1. The summed E-state index contributed by atoms with van der Waals surface area (Å²) >= 11 is 0. The van der Waals surface area contributed by atoms with Gasteiger partial charge in [-0.2, -0.15) is 5.26 Å². The van der Waals surface area contributed by atoms with E-state index in [0.29, 0.717) is 5.52 Å². The van der Waals surface area contributed by atoms with E-state index in [0.717, 1.165) is 10.4 Å². The van der Waals surface area contributed by atoms with Crippen LogP contribution >= 0.6 is 0 Å². The lowest BCUT2D eigenvalue weighted by Gasteiger charge is -2.24. The Morgan fingerprint density at radius 2 is 2.04 bits per heavy atom. The van der Waals surface area contributed by atoms with E-state index >= 15 is 0 Å². The lowest BCUT2D eigenvalue weighted by Crippen LogP contribution is -2.38. The quantitative estimate of drug-likeness (QED) is 0.930. The number of nitriles is 1. The second kappa shape index (κ2) is 6.71. The normalized spacial score (nSPS) is 12.5. The van der Waals surface area contributed by atoms with Gasteiger partial charge in [-0.3, -0.25) is 4.79 Å². The summed E-state index contributed by atoms with van der Waals surface area (Å²) in [4.78, 5) is 32.7. The Labute approximate surface area is 140 Å². The third-order valence-electron chi connectivity index (χ3n) is 3.23. The van der Waals surface area contributed by atoms with Crippen molar-refractivity contribution in [2.45, 2.75) is 32.3 Å². The zero-order valence-corrected chi connectivity index (χ0v) is 14.2. The minimum absolute atomic E-state index is 0.232. The Morgan fingerprint density at radius 1 is 1.38 bits per heavy atom. The number of Topliss-reactive ketones (excluding diaryl/α,β-unsaturated/α-hetero) is 1. The molecule has 0 aliphatic rings. The number of imidazole rings is 1. The summed E-state index contributed by atoms with van der Waals surface area (Å²) < 4.78 is 5.20. The molecule has 1 amide bonds. The molecule has 0 spiro atoms. The number of aromatic nitrogens is 2. The van der Waals surface area contributed by atoms with E-state index in [1.807, 2.05) is 24.3 Å². The van der Waals surface area contributed by atoms with Gasteiger partial charge in [0.15, 0.2) is 11.7 Å². The van der Waals surface area contributed by atoms with Crippen molar-refractivity contribution in [1.29, 1.82) is 5.26 Å². The molecule has 0 fully saturated rings. The van der Waals surface area contributed by atoms with Crippen LogP contribution in [0.25, 0.3) is 11.0 Å². The highest BCUT2D eigenvalue weighted by Gasteiger charge is 2.27. The van der Waals surface area contributed by atoms with Gasteiger partial charge in [0.2, 0.25) is 0 Å². The number of hydrogen-bond donors (Lipinski definition) is 1. The Hall–Kier alpha value is -2.88. The molecule has 7 nitrogen and oxygen atoms in total. The predicted octanol–water partition coefficient (Wildman–Crippen LogP) is 2.61. The van der Waals surface area contributed by atoms with Gasteiger partial charge in [0.05, 0.1) is 23.6 Å². The minimum atomic E-state index is -1.07.